The molecule has 5 nitrogen and oxygen atoms in total. The maximum Gasteiger partial charge on any atom is 0.276 e. The van der Waals surface area contributed by atoms with E-state index in [0.717, 1.165) is 29.0 Å². The highest BCUT2D eigenvalue weighted by molar-refractivity contribution is 6.76. The molecule has 0 unspecified atom stereocenters. The van der Waals surface area contributed by atoms with Gasteiger partial charge in [-0.2, -0.15) is 0 Å². The molecule has 0 aliphatic carbocycles. The second-order valence-corrected chi connectivity index (χ2v) is 9.94. The summed E-state index contributed by atoms with van der Waals surface area (Å²) in [5.74, 6) is -0.223. The lowest BCUT2D eigenvalue weighted by molar-refractivity contribution is -0.115. The standard InChI is InChI=1S/C22H21Cl3N2O3/c1-21(2)12-14-6-9-16(30-3)10-17(14)18(27-21)11-19(28)13-4-7-15(8-5-13)26-20(29)22(23,24)25/h4-11,27H,12H2,1-3H3,(H,26,29). The number of carbonyl (C=O) groups excluding carboxylic acids is 2. The van der Waals surface area contributed by atoms with Crippen LogP contribution in [-0.2, 0) is 11.2 Å². The van der Waals surface area contributed by atoms with Gasteiger partial charge in [0.25, 0.3) is 9.70 Å². The molecule has 0 saturated heterocycles. The molecule has 2 aromatic rings. The summed E-state index contributed by atoms with van der Waals surface area (Å²) < 4.78 is 3.27. The van der Waals surface area contributed by atoms with Crippen molar-refractivity contribution in [3.05, 3.63) is 65.2 Å². The third-order valence-electron chi connectivity index (χ3n) is 4.67. The molecule has 30 heavy (non-hydrogen) atoms. The zero-order valence-electron chi connectivity index (χ0n) is 16.7. The van der Waals surface area contributed by atoms with Crippen LogP contribution in [0.15, 0.2) is 48.5 Å². The Morgan fingerprint density at radius 3 is 2.40 bits per heavy atom. The highest BCUT2D eigenvalue weighted by Gasteiger charge is 2.31. The average molecular weight is 468 g/mol. The van der Waals surface area contributed by atoms with Gasteiger partial charge in [-0.25, -0.2) is 0 Å². The molecule has 1 amide bonds. The highest BCUT2D eigenvalue weighted by Crippen LogP contribution is 2.32. The number of allylic oxidation sites excluding steroid dienone is 1. The van der Waals surface area contributed by atoms with Crippen LogP contribution in [0.3, 0.4) is 0 Å². The Hall–Kier alpha value is -2.21. The first-order valence-corrected chi connectivity index (χ1v) is 10.3. The number of anilines is 1. The zero-order valence-corrected chi connectivity index (χ0v) is 19.0. The second kappa shape index (κ2) is 8.50. The van der Waals surface area contributed by atoms with Crippen LogP contribution in [0, 0.1) is 0 Å². The van der Waals surface area contributed by atoms with Crippen molar-refractivity contribution in [3.63, 3.8) is 0 Å². The number of benzene rings is 2. The third-order valence-corrected chi connectivity index (χ3v) is 5.19. The van der Waals surface area contributed by atoms with Crippen molar-refractivity contribution in [2.75, 3.05) is 12.4 Å². The first-order chi connectivity index (χ1) is 14.0. The van der Waals surface area contributed by atoms with Gasteiger partial charge in [-0.1, -0.05) is 40.9 Å². The van der Waals surface area contributed by atoms with Crippen LogP contribution in [0.5, 0.6) is 5.75 Å². The number of methoxy groups -OCH3 is 1. The molecule has 8 heteroatoms. The fourth-order valence-corrected chi connectivity index (χ4v) is 3.43. The molecule has 0 saturated carbocycles. The smallest absolute Gasteiger partial charge is 0.276 e. The fraction of sp³-hybridized carbons (Fsp3) is 0.273. The van der Waals surface area contributed by atoms with Crippen LogP contribution < -0.4 is 15.4 Å². The topological polar surface area (TPSA) is 67.4 Å². The minimum Gasteiger partial charge on any atom is -0.497 e. The molecule has 1 heterocycles. The van der Waals surface area contributed by atoms with E-state index in [1.807, 2.05) is 18.2 Å². The van der Waals surface area contributed by atoms with Crippen LogP contribution in [-0.4, -0.2) is 28.1 Å². The molecule has 0 atom stereocenters. The summed E-state index contributed by atoms with van der Waals surface area (Å²) >= 11 is 16.7. The Bertz CT molecular complexity index is 1010. The minimum absolute atomic E-state index is 0.178. The van der Waals surface area contributed by atoms with E-state index < -0.39 is 9.70 Å². The predicted molar refractivity (Wildman–Crippen MR) is 122 cm³/mol. The summed E-state index contributed by atoms with van der Waals surface area (Å²) in [7, 11) is 1.61. The average Bonchev–Trinajstić information content (AvgIpc) is 2.66. The van der Waals surface area contributed by atoms with Gasteiger partial charge in [0.05, 0.1) is 7.11 Å². The largest absolute Gasteiger partial charge is 0.497 e. The van der Waals surface area contributed by atoms with Crippen molar-refractivity contribution < 1.29 is 14.3 Å². The Morgan fingerprint density at radius 1 is 1.13 bits per heavy atom. The summed E-state index contributed by atoms with van der Waals surface area (Å²) in [6.07, 6.45) is 2.41. The predicted octanol–water partition coefficient (Wildman–Crippen LogP) is 5.15. The summed E-state index contributed by atoms with van der Waals surface area (Å²) in [4.78, 5) is 24.6. The highest BCUT2D eigenvalue weighted by atomic mass is 35.6. The lowest BCUT2D eigenvalue weighted by Crippen LogP contribution is -2.43. The van der Waals surface area contributed by atoms with Crippen LogP contribution in [0.25, 0.3) is 5.70 Å². The van der Waals surface area contributed by atoms with E-state index in [1.54, 1.807) is 37.5 Å². The van der Waals surface area contributed by atoms with E-state index in [-0.39, 0.29) is 11.3 Å². The zero-order chi connectivity index (χ0) is 22.1. The number of ether oxygens (including phenoxy) is 1. The fourth-order valence-electron chi connectivity index (χ4n) is 3.29. The maximum atomic E-state index is 12.9. The van der Waals surface area contributed by atoms with Crippen molar-refractivity contribution in [2.24, 2.45) is 0 Å². The molecule has 0 aromatic heterocycles. The van der Waals surface area contributed by atoms with E-state index in [9.17, 15) is 9.59 Å². The van der Waals surface area contributed by atoms with Crippen LogP contribution >= 0.6 is 34.8 Å². The quantitative estimate of drug-likeness (QED) is 0.371. The number of halogens is 3. The third kappa shape index (κ3) is 5.28. The van der Waals surface area contributed by atoms with E-state index >= 15 is 0 Å². The molecule has 0 fully saturated rings. The van der Waals surface area contributed by atoms with Crippen LogP contribution in [0.2, 0.25) is 0 Å². The minimum atomic E-state index is -2.06. The second-order valence-electron chi connectivity index (χ2n) is 7.66. The number of ketones is 1. The number of alkyl halides is 3. The SMILES string of the molecule is COc1ccc2c(c1)C(=CC(=O)c1ccc(NC(=O)C(Cl)(Cl)Cl)cc1)NC(C)(C)C2. The molecule has 3 rings (SSSR count). The van der Waals surface area contributed by atoms with Crippen molar-refractivity contribution in [1.29, 1.82) is 0 Å². The van der Waals surface area contributed by atoms with Crippen molar-refractivity contribution >= 4 is 57.9 Å². The Kier molecular flexibility index (Phi) is 6.37. The first-order valence-electron chi connectivity index (χ1n) is 9.18. The van der Waals surface area contributed by atoms with Gasteiger partial charge < -0.3 is 15.4 Å². The molecule has 2 aromatic carbocycles. The number of hydrogen-bond donors (Lipinski definition) is 2. The monoisotopic (exact) mass is 466 g/mol. The molecule has 0 spiro atoms. The molecule has 1 aliphatic heterocycles. The van der Waals surface area contributed by atoms with Gasteiger partial charge in [0, 0.05) is 34.1 Å². The summed E-state index contributed by atoms with van der Waals surface area (Å²) in [5, 5.41) is 5.92. The van der Waals surface area contributed by atoms with Gasteiger partial charge in [-0.15, -0.1) is 0 Å². The van der Waals surface area contributed by atoms with Crippen molar-refractivity contribution in [1.82, 2.24) is 5.32 Å². The lowest BCUT2D eigenvalue weighted by atomic mass is 9.85. The summed E-state index contributed by atoms with van der Waals surface area (Å²) in [6, 6.07) is 12.2. The Morgan fingerprint density at radius 2 is 1.80 bits per heavy atom. The summed E-state index contributed by atoms with van der Waals surface area (Å²) in [6.45, 7) is 4.17. The number of fused-ring (bicyclic) bond motifs is 1. The Labute approximate surface area is 190 Å². The number of hydrogen-bond acceptors (Lipinski definition) is 4. The van der Waals surface area contributed by atoms with E-state index in [2.05, 4.69) is 24.5 Å². The van der Waals surface area contributed by atoms with Crippen LogP contribution in [0.4, 0.5) is 5.69 Å². The van der Waals surface area contributed by atoms with Gasteiger partial charge in [0.1, 0.15) is 5.75 Å². The van der Waals surface area contributed by atoms with Gasteiger partial charge in [0.2, 0.25) is 0 Å². The van der Waals surface area contributed by atoms with Gasteiger partial charge in [-0.05, 0) is 62.2 Å². The Balaban J connectivity index is 1.86. The normalized spacial score (nSPS) is 16.4. The van der Waals surface area contributed by atoms with Crippen molar-refractivity contribution in [2.45, 2.75) is 29.6 Å². The first kappa shape index (κ1) is 22.5. The molecule has 158 valence electrons. The van der Waals surface area contributed by atoms with Gasteiger partial charge in [-0.3, -0.25) is 9.59 Å². The number of carbonyl (C=O) groups is 2. The summed E-state index contributed by atoms with van der Waals surface area (Å²) in [5.41, 5.74) is 3.50. The van der Waals surface area contributed by atoms with E-state index in [1.165, 1.54) is 0 Å². The number of nitrogens with one attached hydrogen (secondary N) is 2. The number of rotatable bonds is 4. The molecule has 1 aliphatic rings. The van der Waals surface area contributed by atoms with Gasteiger partial charge in [0.15, 0.2) is 5.78 Å². The number of amides is 1. The molecular weight excluding hydrogens is 447 g/mol. The maximum absolute atomic E-state index is 12.9. The lowest BCUT2D eigenvalue weighted by Gasteiger charge is -2.35. The van der Waals surface area contributed by atoms with Crippen molar-refractivity contribution in [3.8, 4) is 5.75 Å². The van der Waals surface area contributed by atoms with Gasteiger partial charge >= 0.3 is 0 Å². The van der Waals surface area contributed by atoms with E-state index in [0.29, 0.717) is 11.3 Å². The van der Waals surface area contributed by atoms with E-state index in [4.69, 9.17) is 39.5 Å². The van der Waals surface area contributed by atoms with Crippen LogP contribution in [0.1, 0.15) is 35.3 Å². The molecule has 0 radical (unpaired) electrons. The molecular formula is C22H21Cl3N2O3. The molecule has 2 N–H and O–H groups in total. The molecule has 0 bridgehead atoms.